The zero-order valence-corrected chi connectivity index (χ0v) is 11.7. The predicted molar refractivity (Wildman–Crippen MR) is 84.8 cm³/mol. The van der Waals surface area contributed by atoms with Gasteiger partial charge in [-0.1, -0.05) is 36.4 Å². The molecule has 106 valence electrons. The lowest BCUT2D eigenvalue weighted by atomic mass is 10.1. The molecule has 2 aromatic carbocycles. The van der Waals surface area contributed by atoms with Gasteiger partial charge in [0.05, 0.1) is 6.61 Å². The molecule has 0 spiro atoms. The van der Waals surface area contributed by atoms with E-state index in [2.05, 4.69) is 33.5 Å². The fourth-order valence-corrected chi connectivity index (χ4v) is 2.19. The predicted octanol–water partition coefficient (Wildman–Crippen LogP) is 3.35. The molecule has 0 radical (unpaired) electrons. The van der Waals surface area contributed by atoms with E-state index in [1.54, 1.807) is 0 Å². The van der Waals surface area contributed by atoms with Crippen molar-refractivity contribution < 1.29 is 4.74 Å². The third-order valence-electron chi connectivity index (χ3n) is 3.17. The molecule has 0 unspecified atom stereocenters. The van der Waals surface area contributed by atoms with Gasteiger partial charge in [-0.3, -0.25) is 0 Å². The van der Waals surface area contributed by atoms with Crippen molar-refractivity contribution in [3.05, 3.63) is 48.8 Å². The molecule has 0 amide bonds. The van der Waals surface area contributed by atoms with Crippen molar-refractivity contribution in [2.75, 3.05) is 17.7 Å². The highest BCUT2D eigenvalue weighted by Crippen LogP contribution is 2.30. The lowest BCUT2D eigenvalue weighted by Gasteiger charge is -2.12. The zero-order valence-electron chi connectivity index (χ0n) is 11.7. The van der Waals surface area contributed by atoms with Gasteiger partial charge in [-0.25, -0.2) is 4.98 Å². The number of ether oxygens (including phenoxy) is 1. The third kappa shape index (κ3) is 2.58. The Hall–Kier alpha value is -2.82. The second-order valence-corrected chi connectivity index (χ2v) is 4.53. The first-order chi connectivity index (χ1) is 10.3. The largest absolute Gasteiger partial charge is 0.476 e. The second kappa shape index (κ2) is 5.66. The van der Waals surface area contributed by atoms with Crippen LogP contribution in [0.4, 0.5) is 17.2 Å². The minimum Gasteiger partial charge on any atom is -0.476 e. The molecule has 21 heavy (non-hydrogen) atoms. The number of aromatic nitrogens is 2. The molecule has 0 aliphatic carbocycles. The molecule has 3 aromatic rings. The molecular formula is C16H16N4O. The van der Waals surface area contributed by atoms with Crippen molar-refractivity contribution in [3.63, 3.8) is 0 Å². The van der Waals surface area contributed by atoms with E-state index in [4.69, 9.17) is 10.5 Å². The highest BCUT2D eigenvalue weighted by Gasteiger charge is 2.10. The molecule has 0 aliphatic heterocycles. The van der Waals surface area contributed by atoms with Gasteiger partial charge in [0.1, 0.15) is 12.0 Å². The summed E-state index contributed by atoms with van der Waals surface area (Å²) in [5, 5.41) is 5.52. The summed E-state index contributed by atoms with van der Waals surface area (Å²) in [6.07, 6.45) is 1.44. The third-order valence-corrected chi connectivity index (χ3v) is 3.17. The van der Waals surface area contributed by atoms with Crippen LogP contribution in [-0.2, 0) is 0 Å². The van der Waals surface area contributed by atoms with E-state index in [9.17, 15) is 0 Å². The maximum Gasteiger partial charge on any atom is 0.242 e. The molecule has 1 aromatic heterocycles. The van der Waals surface area contributed by atoms with E-state index >= 15 is 0 Å². The van der Waals surface area contributed by atoms with Gasteiger partial charge in [-0.05, 0) is 18.4 Å². The van der Waals surface area contributed by atoms with E-state index in [0.29, 0.717) is 24.0 Å². The topological polar surface area (TPSA) is 73.1 Å². The van der Waals surface area contributed by atoms with Crippen molar-refractivity contribution in [1.29, 1.82) is 0 Å². The van der Waals surface area contributed by atoms with Crippen LogP contribution in [0.5, 0.6) is 5.88 Å². The number of nitrogens with one attached hydrogen (secondary N) is 1. The summed E-state index contributed by atoms with van der Waals surface area (Å²) >= 11 is 0. The minimum atomic E-state index is 0.398. The fourth-order valence-electron chi connectivity index (χ4n) is 2.19. The van der Waals surface area contributed by atoms with Gasteiger partial charge >= 0.3 is 0 Å². The van der Waals surface area contributed by atoms with Crippen LogP contribution in [0.2, 0.25) is 0 Å². The molecule has 3 N–H and O–H groups in total. The number of hydrogen-bond donors (Lipinski definition) is 2. The number of nitrogens with two attached hydrogens (primary N) is 1. The summed E-state index contributed by atoms with van der Waals surface area (Å²) in [4.78, 5) is 8.23. The summed E-state index contributed by atoms with van der Waals surface area (Å²) < 4.78 is 5.39. The quantitative estimate of drug-likeness (QED) is 0.766. The number of benzene rings is 2. The molecule has 0 saturated carbocycles. The average molecular weight is 280 g/mol. The van der Waals surface area contributed by atoms with Crippen LogP contribution >= 0.6 is 0 Å². The van der Waals surface area contributed by atoms with Crippen molar-refractivity contribution >= 4 is 28.0 Å². The Bertz CT molecular complexity index is 768. The molecule has 5 heteroatoms. The van der Waals surface area contributed by atoms with E-state index < -0.39 is 0 Å². The number of hydrogen-bond acceptors (Lipinski definition) is 5. The van der Waals surface area contributed by atoms with Gasteiger partial charge in [0.15, 0.2) is 5.82 Å². The maximum absolute atomic E-state index is 6.05. The smallest absolute Gasteiger partial charge is 0.242 e. The summed E-state index contributed by atoms with van der Waals surface area (Å²) in [5.74, 6) is 0.944. The second-order valence-electron chi connectivity index (χ2n) is 4.53. The van der Waals surface area contributed by atoms with Crippen LogP contribution in [0.15, 0.2) is 48.8 Å². The highest BCUT2D eigenvalue weighted by atomic mass is 16.5. The fraction of sp³-hybridized carbons (Fsp3) is 0.125. The molecule has 0 atom stereocenters. The van der Waals surface area contributed by atoms with E-state index in [1.807, 2.05) is 31.2 Å². The number of anilines is 3. The van der Waals surface area contributed by atoms with Crippen molar-refractivity contribution in [1.82, 2.24) is 9.97 Å². The van der Waals surface area contributed by atoms with Crippen molar-refractivity contribution in [3.8, 4) is 5.88 Å². The monoisotopic (exact) mass is 280 g/mol. The number of fused-ring (bicyclic) bond motifs is 1. The van der Waals surface area contributed by atoms with Crippen LogP contribution in [0.3, 0.4) is 0 Å². The average Bonchev–Trinajstić information content (AvgIpc) is 2.52. The van der Waals surface area contributed by atoms with Crippen molar-refractivity contribution in [2.24, 2.45) is 0 Å². The molecule has 0 saturated heterocycles. The van der Waals surface area contributed by atoms with Gasteiger partial charge in [-0.15, -0.1) is 0 Å². The molecule has 0 fully saturated rings. The summed E-state index contributed by atoms with van der Waals surface area (Å²) in [7, 11) is 0. The van der Waals surface area contributed by atoms with Crippen LogP contribution < -0.4 is 15.8 Å². The number of nitrogens with zero attached hydrogens (tertiary/aromatic N) is 2. The van der Waals surface area contributed by atoms with E-state index in [1.165, 1.54) is 6.33 Å². The Morgan fingerprint density at radius 2 is 1.90 bits per heavy atom. The summed E-state index contributed by atoms with van der Waals surface area (Å²) in [6.45, 7) is 2.40. The normalized spacial score (nSPS) is 10.5. The summed E-state index contributed by atoms with van der Waals surface area (Å²) in [6, 6.07) is 14.2. The Labute approximate surface area is 122 Å². The minimum absolute atomic E-state index is 0.398. The lowest BCUT2D eigenvalue weighted by molar-refractivity contribution is 0.328. The maximum atomic E-state index is 6.05. The SMILES string of the molecule is CCOc1ncnc(Nc2cccc3ccccc23)c1N. The number of nitrogen functional groups attached to an aromatic ring is 1. The summed E-state index contributed by atoms with van der Waals surface area (Å²) in [5.41, 5.74) is 7.40. The van der Waals surface area contributed by atoms with Gasteiger partial charge in [0, 0.05) is 11.1 Å². The van der Waals surface area contributed by atoms with Gasteiger partial charge < -0.3 is 15.8 Å². The Kier molecular flexibility index (Phi) is 3.55. The molecule has 5 nitrogen and oxygen atoms in total. The van der Waals surface area contributed by atoms with Crippen molar-refractivity contribution in [2.45, 2.75) is 6.92 Å². The first-order valence-electron chi connectivity index (χ1n) is 6.77. The van der Waals surface area contributed by atoms with E-state index in [-0.39, 0.29) is 0 Å². The van der Waals surface area contributed by atoms with E-state index in [0.717, 1.165) is 16.5 Å². The van der Waals surface area contributed by atoms with Gasteiger partial charge in [0.2, 0.25) is 5.88 Å². The van der Waals surface area contributed by atoms with Crippen LogP contribution in [0.25, 0.3) is 10.8 Å². The number of rotatable bonds is 4. The molecule has 0 aliphatic rings. The van der Waals surface area contributed by atoms with Crippen LogP contribution in [0, 0.1) is 0 Å². The lowest BCUT2D eigenvalue weighted by Crippen LogP contribution is -2.05. The van der Waals surface area contributed by atoms with Gasteiger partial charge in [0.25, 0.3) is 0 Å². The van der Waals surface area contributed by atoms with Crippen LogP contribution in [-0.4, -0.2) is 16.6 Å². The zero-order chi connectivity index (χ0) is 14.7. The Morgan fingerprint density at radius 1 is 1.10 bits per heavy atom. The molecule has 1 heterocycles. The first-order valence-corrected chi connectivity index (χ1v) is 6.77. The Balaban J connectivity index is 2.01. The highest BCUT2D eigenvalue weighted by molar-refractivity contribution is 5.95. The molecular weight excluding hydrogens is 264 g/mol. The first kappa shape index (κ1) is 13.2. The van der Waals surface area contributed by atoms with Crippen LogP contribution in [0.1, 0.15) is 6.92 Å². The molecule has 0 bridgehead atoms. The van der Waals surface area contributed by atoms with Gasteiger partial charge in [-0.2, -0.15) is 4.98 Å². The molecule has 3 rings (SSSR count). The standard InChI is InChI=1S/C16H16N4O/c1-2-21-16-14(17)15(18-10-19-16)20-13-9-5-7-11-6-3-4-8-12(11)13/h3-10H,2,17H2,1H3,(H,18,19,20). The Morgan fingerprint density at radius 3 is 2.76 bits per heavy atom.